The van der Waals surface area contributed by atoms with Gasteiger partial charge in [0.2, 0.25) is 0 Å². The summed E-state index contributed by atoms with van der Waals surface area (Å²) in [4.78, 5) is 11.8. The van der Waals surface area contributed by atoms with Crippen LogP contribution in [0.5, 0.6) is 5.75 Å². The minimum Gasteiger partial charge on any atom is -0.445 e. The van der Waals surface area contributed by atoms with Crippen molar-refractivity contribution in [1.29, 1.82) is 0 Å². The van der Waals surface area contributed by atoms with Gasteiger partial charge in [-0.2, -0.15) is 8.78 Å². The Bertz CT molecular complexity index is 704. The van der Waals surface area contributed by atoms with Gasteiger partial charge in [0.1, 0.15) is 12.4 Å². The number of carbonyl (C=O) groups excluding carboxylic acids is 1. The quantitative estimate of drug-likeness (QED) is 0.777. The van der Waals surface area contributed by atoms with Gasteiger partial charge < -0.3 is 20.1 Å². The van der Waals surface area contributed by atoms with Crippen LogP contribution < -0.4 is 15.4 Å². The number of alkyl halides is 2. The van der Waals surface area contributed by atoms with Gasteiger partial charge >= 0.3 is 12.7 Å². The number of hydrogen-bond acceptors (Lipinski definition) is 4. The Kier molecular flexibility index (Phi) is 5.88. The largest absolute Gasteiger partial charge is 0.445 e. The molecular formula is C19H20F2N2O3. The summed E-state index contributed by atoms with van der Waals surface area (Å²) in [7, 11) is 0. The number of amides is 1. The Morgan fingerprint density at radius 3 is 2.38 bits per heavy atom. The SMILES string of the molecule is O=C(NC1CC(Nc2ccc(OC(F)F)cc2)C1)OCc1ccccc1. The molecule has 2 aromatic rings. The van der Waals surface area contributed by atoms with Crippen LogP contribution >= 0.6 is 0 Å². The molecule has 3 rings (SSSR count). The molecule has 5 nitrogen and oxygen atoms in total. The van der Waals surface area contributed by atoms with E-state index < -0.39 is 12.7 Å². The van der Waals surface area contributed by atoms with E-state index in [2.05, 4.69) is 15.4 Å². The molecule has 2 aromatic carbocycles. The highest BCUT2D eigenvalue weighted by molar-refractivity contribution is 5.67. The van der Waals surface area contributed by atoms with Gasteiger partial charge in [-0.05, 0) is 42.7 Å². The maximum absolute atomic E-state index is 12.1. The van der Waals surface area contributed by atoms with Crippen molar-refractivity contribution < 1.29 is 23.0 Å². The second-order valence-electron chi connectivity index (χ2n) is 6.12. The third-order valence-electron chi connectivity index (χ3n) is 4.12. The van der Waals surface area contributed by atoms with E-state index in [1.807, 2.05) is 30.3 Å². The lowest BCUT2D eigenvalue weighted by Gasteiger charge is -2.36. The third kappa shape index (κ3) is 5.34. The van der Waals surface area contributed by atoms with Crippen LogP contribution in [0.4, 0.5) is 19.3 Å². The molecule has 1 fully saturated rings. The van der Waals surface area contributed by atoms with Crippen molar-refractivity contribution in [1.82, 2.24) is 5.32 Å². The zero-order valence-electron chi connectivity index (χ0n) is 14.0. The monoisotopic (exact) mass is 362 g/mol. The van der Waals surface area contributed by atoms with Gasteiger partial charge in [0, 0.05) is 17.8 Å². The first-order valence-corrected chi connectivity index (χ1v) is 8.37. The Balaban J connectivity index is 1.34. The number of rotatable bonds is 7. The molecule has 7 heteroatoms. The molecule has 1 saturated carbocycles. The third-order valence-corrected chi connectivity index (χ3v) is 4.12. The summed E-state index contributed by atoms with van der Waals surface area (Å²) in [5.74, 6) is 0.125. The van der Waals surface area contributed by atoms with E-state index in [4.69, 9.17) is 4.74 Å². The molecule has 138 valence electrons. The fraction of sp³-hybridized carbons (Fsp3) is 0.316. The first kappa shape index (κ1) is 18.0. The molecule has 1 amide bonds. The molecule has 0 aromatic heterocycles. The van der Waals surface area contributed by atoms with Crippen LogP contribution in [0.25, 0.3) is 0 Å². The van der Waals surface area contributed by atoms with E-state index in [1.165, 1.54) is 12.1 Å². The Morgan fingerprint density at radius 1 is 1.04 bits per heavy atom. The van der Waals surface area contributed by atoms with Gasteiger partial charge in [0.15, 0.2) is 0 Å². The Labute approximate surface area is 150 Å². The first-order chi connectivity index (χ1) is 12.6. The van der Waals surface area contributed by atoms with Crippen molar-refractivity contribution in [2.75, 3.05) is 5.32 Å². The molecule has 1 aliphatic rings. The van der Waals surface area contributed by atoms with Crippen molar-refractivity contribution >= 4 is 11.8 Å². The number of ether oxygens (including phenoxy) is 2. The Hall–Kier alpha value is -2.83. The van der Waals surface area contributed by atoms with Crippen molar-refractivity contribution in [3.8, 4) is 5.75 Å². The maximum atomic E-state index is 12.1. The number of anilines is 1. The van der Waals surface area contributed by atoms with Crippen LogP contribution in [-0.2, 0) is 11.3 Å². The topological polar surface area (TPSA) is 59.6 Å². The molecule has 2 N–H and O–H groups in total. The normalized spacial score (nSPS) is 18.7. The van der Waals surface area contributed by atoms with Crippen molar-refractivity contribution in [2.45, 2.75) is 38.1 Å². The summed E-state index contributed by atoms with van der Waals surface area (Å²) in [5, 5.41) is 6.11. The summed E-state index contributed by atoms with van der Waals surface area (Å²) in [6.45, 7) is -2.58. The first-order valence-electron chi connectivity index (χ1n) is 8.37. The average molecular weight is 362 g/mol. The predicted octanol–water partition coefficient (Wildman–Crippen LogP) is 4.16. The second kappa shape index (κ2) is 8.51. The number of nitrogens with one attached hydrogen (secondary N) is 2. The van der Waals surface area contributed by atoms with Gasteiger partial charge in [0.25, 0.3) is 0 Å². The molecule has 0 heterocycles. The lowest BCUT2D eigenvalue weighted by Crippen LogP contribution is -2.49. The van der Waals surface area contributed by atoms with Crippen LogP contribution in [0, 0.1) is 0 Å². The van der Waals surface area contributed by atoms with Gasteiger partial charge in [-0.25, -0.2) is 4.79 Å². The van der Waals surface area contributed by atoms with E-state index in [0.717, 1.165) is 24.1 Å². The van der Waals surface area contributed by atoms with Crippen molar-refractivity contribution in [2.24, 2.45) is 0 Å². The summed E-state index contributed by atoms with van der Waals surface area (Å²) in [6, 6.07) is 16.1. The highest BCUT2D eigenvalue weighted by Gasteiger charge is 2.30. The van der Waals surface area contributed by atoms with Crippen LogP contribution in [0.2, 0.25) is 0 Å². The molecule has 0 unspecified atom stereocenters. The molecule has 0 bridgehead atoms. The van der Waals surface area contributed by atoms with Crippen molar-refractivity contribution in [3.63, 3.8) is 0 Å². The Morgan fingerprint density at radius 2 is 1.73 bits per heavy atom. The standard InChI is InChI=1S/C19H20F2N2O3/c20-18(21)26-17-8-6-14(7-9-17)22-15-10-16(11-15)23-19(24)25-12-13-4-2-1-3-5-13/h1-9,15-16,18,22H,10-12H2,(H,23,24). The zero-order chi connectivity index (χ0) is 18.4. The van der Waals surface area contributed by atoms with Gasteiger partial charge in [-0.1, -0.05) is 30.3 Å². The summed E-state index contributed by atoms with van der Waals surface area (Å²) < 4.78 is 33.7. The van der Waals surface area contributed by atoms with Gasteiger partial charge in [-0.3, -0.25) is 0 Å². The lowest BCUT2D eigenvalue weighted by molar-refractivity contribution is -0.0498. The number of benzene rings is 2. The highest BCUT2D eigenvalue weighted by Crippen LogP contribution is 2.26. The van der Waals surface area contributed by atoms with Gasteiger partial charge in [-0.15, -0.1) is 0 Å². The summed E-state index contributed by atoms with van der Waals surface area (Å²) >= 11 is 0. The number of carbonyl (C=O) groups is 1. The predicted molar refractivity (Wildman–Crippen MR) is 93.3 cm³/mol. The highest BCUT2D eigenvalue weighted by atomic mass is 19.3. The maximum Gasteiger partial charge on any atom is 0.407 e. The van der Waals surface area contributed by atoms with Crippen LogP contribution in [0.1, 0.15) is 18.4 Å². The lowest BCUT2D eigenvalue weighted by atomic mass is 9.86. The number of halogens is 2. The molecule has 0 atom stereocenters. The molecule has 0 spiro atoms. The molecule has 1 aliphatic carbocycles. The number of hydrogen-bond donors (Lipinski definition) is 2. The zero-order valence-corrected chi connectivity index (χ0v) is 14.0. The molecule has 0 aliphatic heterocycles. The fourth-order valence-electron chi connectivity index (χ4n) is 2.75. The summed E-state index contributed by atoms with van der Waals surface area (Å²) in [5.41, 5.74) is 1.76. The average Bonchev–Trinajstić information content (AvgIpc) is 2.60. The molecule has 26 heavy (non-hydrogen) atoms. The minimum atomic E-state index is -2.83. The minimum absolute atomic E-state index is 0.0669. The molecule has 0 radical (unpaired) electrons. The van der Waals surface area contributed by atoms with E-state index in [0.29, 0.717) is 0 Å². The molecule has 0 saturated heterocycles. The number of alkyl carbamates (subject to hydrolysis) is 1. The van der Waals surface area contributed by atoms with Crippen LogP contribution in [0.15, 0.2) is 54.6 Å². The second-order valence-corrected chi connectivity index (χ2v) is 6.12. The van der Waals surface area contributed by atoms with E-state index >= 15 is 0 Å². The van der Waals surface area contributed by atoms with Crippen LogP contribution in [-0.4, -0.2) is 24.8 Å². The van der Waals surface area contributed by atoms with Crippen LogP contribution in [0.3, 0.4) is 0 Å². The van der Waals surface area contributed by atoms with Crippen molar-refractivity contribution in [3.05, 3.63) is 60.2 Å². The van der Waals surface area contributed by atoms with E-state index in [9.17, 15) is 13.6 Å². The van der Waals surface area contributed by atoms with E-state index in [-0.39, 0.29) is 24.4 Å². The fourth-order valence-corrected chi connectivity index (χ4v) is 2.75. The smallest absolute Gasteiger partial charge is 0.407 e. The summed E-state index contributed by atoms with van der Waals surface area (Å²) in [6.07, 6.45) is 1.12. The van der Waals surface area contributed by atoms with Gasteiger partial charge in [0.05, 0.1) is 0 Å². The molecular weight excluding hydrogens is 342 g/mol. The van der Waals surface area contributed by atoms with E-state index in [1.54, 1.807) is 12.1 Å².